The van der Waals surface area contributed by atoms with E-state index in [1.165, 1.54) is 60.5 Å². The molecule has 1 rings (SSSR count). The van der Waals surface area contributed by atoms with Crippen LogP contribution in [0.3, 0.4) is 0 Å². The molecule has 0 saturated carbocycles. The molecule has 114 valence electrons. The van der Waals surface area contributed by atoms with Gasteiger partial charge in [-0.2, -0.15) is 0 Å². The van der Waals surface area contributed by atoms with Gasteiger partial charge in [-0.3, -0.25) is 0 Å². The molecule has 0 aliphatic carbocycles. The third-order valence-corrected chi connectivity index (χ3v) is 4.35. The highest BCUT2D eigenvalue weighted by Gasteiger charge is 2.13. The van der Waals surface area contributed by atoms with Crippen LogP contribution in [0.1, 0.15) is 76.0 Å². The normalized spacial score (nSPS) is 12.6. The zero-order valence-corrected chi connectivity index (χ0v) is 14.9. The Labute approximate surface area is 133 Å². The van der Waals surface area contributed by atoms with E-state index in [2.05, 4.69) is 60.2 Å². The number of benzene rings is 1. The van der Waals surface area contributed by atoms with Crippen molar-refractivity contribution < 1.29 is 0 Å². The lowest BCUT2D eigenvalue weighted by atomic mass is 9.96. The highest BCUT2D eigenvalue weighted by atomic mass is 79.9. The van der Waals surface area contributed by atoms with Gasteiger partial charge in [0, 0.05) is 10.5 Å². The molecule has 0 aliphatic rings. The van der Waals surface area contributed by atoms with Crippen molar-refractivity contribution in [2.75, 3.05) is 6.54 Å². The standard InChI is InChI=1S/C18H30BrN/c1-4-6-7-8-9-10-18(20-13-5-2)17-14-16(19)12-11-15(17)3/h11-12,14,18,20H,4-10,13H2,1-3H3. The van der Waals surface area contributed by atoms with E-state index in [1.807, 2.05) is 0 Å². The van der Waals surface area contributed by atoms with Crippen molar-refractivity contribution in [3.63, 3.8) is 0 Å². The number of hydrogen-bond donors (Lipinski definition) is 1. The summed E-state index contributed by atoms with van der Waals surface area (Å²) < 4.78 is 1.19. The average molecular weight is 340 g/mol. The van der Waals surface area contributed by atoms with Crippen LogP contribution in [0.2, 0.25) is 0 Å². The second-order valence-electron chi connectivity index (χ2n) is 5.71. The quantitative estimate of drug-likeness (QED) is 0.503. The molecule has 0 aromatic heterocycles. The van der Waals surface area contributed by atoms with Gasteiger partial charge in [0.2, 0.25) is 0 Å². The van der Waals surface area contributed by atoms with Gasteiger partial charge in [0.15, 0.2) is 0 Å². The van der Waals surface area contributed by atoms with E-state index in [0.29, 0.717) is 6.04 Å². The van der Waals surface area contributed by atoms with Crippen molar-refractivity contribution >= 4 is 15.9 Å². The summed E-state index contributed by atoms with van der Waals surface area (Å²) in [6.07, 6.45) is 9.22. The first kappa shape index (κ1) is 17.7. The highest BCUT2D eigenvalue weighted by molar-refractivity contribution is 9.10. The van der Waals surface area contributed by atoms with Crippen LogP contribution in [0.5, 0.6) is 0 Å². The van der Waals surface area contributed by atoms with Gasteiger partial charge in [0.05, 0.1) is 0 Å². The van der Waals surface area contributed by atoms with Gasteiger partial charge < -0.3 is 5.32 Å². The molecule has 1 unspecified atom stereocenters. The lowest BCUT2D eigenvalue weighted by Crippen LogP contribution is -2.23. The molecule has 0 heterocycles. The smallest absolute Gasteiger partial charge is 0.0323 e. The summed E-state index contributed by atoms with van der Waals surface area (Å²) in [6.45, 7) is 7.83. The monoisotopic (exact) mass is 339 g/mol. The van der Waals surface area contributed by atoms with Crippen molar-refractivity contribution in [1.29, 1.82) is 0 Å². The van der Waals surface area contributed by atoms with Crippen LogP contribution in [0.15, 0.2) is 22.7 Å². The summed E-state index contributed by atoms with van der Waals surface area (Å²) in [5, 5.41) is 3.72. The maximum atomic E-state index is 3.72. The van der Waals surface area contributed by atoms with Crippen LogP contribution in [-0.4, -0.2) is 6.54 Å². The Kier molecular flexibility index (Phi) is 9.21. The van der Waals surface area contributed by atoms with E-state index in [-0.39, 0.29) is 0 Å². The number of halogens is 1. The first-order valence-electron chi connectivity index (χ1n) is 8.18. The molecule has 0 radical (unpaired) electrons. The lowest BCUT2D eigenvalue weighted by molar-refractivity contribution is 0.466. The summed E-state index contributed by atoms with van der Waals surface area (Å²) in [5.41, 5.74) is 2.86. The molecule has 20 heavy (non-hydrogen) atoms. The molecule has 0 spiro atoms. The van der Waals surface area contributed by atoms with Gasteiger partial charge in [-0.25, -0.2) is 0 Å². The molecular formula is C18H30BrN. The number of rotatable bonds is 10. The van der Waals surface area contributed by atoms with Gasteiger partial charge >= 0.3 is 0 Å². The predicted octanol–water partition coefficient (Wildman–Crippen LogP) is 6.16. The Morgan fingerprint density at radius 3 is 2.50 bits per heavy atom. The lowest BCUT2D eigenvalue weighted by Gasteiger charge is -2.21. The molecular weight excluding hydrogens is 310 g/mol. The maximum absolute atomic E-state index is 3.72. The summed E-state index contributed by atoms with van der Waals surface area (Å²) in [6, 6.07) is 7.15. The van der Waals surface area contributed by atoms with Crippen LogP contribution in [0.4, 0.5) is 0 Å². The van der Waals surface area contributed by atoms with Crippen molar-refractivity contribution in [3.05, 3.63) is 33.8 Å². The minimum atomic E-state index is 0.508. The van der Waals surface area contributed by atoms with E-state index >= 15 is 0 Å². The molecule has 2 heteroatoms. The van der Waals surface area contributed by atoms with Crippen LogP contribution < -0.4 is 5.32 Å². The summed E-state index contributed by atoms with van der Waals surface area (Å²) in [4.78, 5) is 0. The highest BCUT2D eigenvalue weighted by Crippen LogP contribution is 2.26. The van der Waals surface area contributed by atoms with Gasteiger partial charge in [-0.1, -0.05) is 67.9 Å². The first-order valence-corrected chi connectivity index (χ1v) is 8.97. The topological polar surface area (TPSA) is 12.0 Å². The van der Waals surface area contributed by atoms with Gasteiger partial charge in [0.25, 0.3) is 0 Å². The van der Waals surface area contributed by atoms with Crippen molar-refractivity contribution in [3.8, 4) is 0 Å². The minimum Gasteiger partial charge on any atom is -0.310 e. The molecule has 0 aliphatic heterocycles. The fourth-order valence-corrected chi connectivity index (χ4v) is 3.00. The van der Waals surface area contributed by atoms with Crippen molar-refractivity contribution in [1.82, 2.24) is 5.32 Å². The first-order chi connectivity index (χ1) is 9.69. The van der Waals surface area contributed by atoms with Crippen LogP contribution >= 0.6 is 15.9 Å². The number of aryl methyl sites for hydroxylation is 1. The SMILES string of the molecule is CCCCCCCC(NCCC)c1cc(Br)ccc1C. The van der Waals surface area contributed by atoms with E-state index < -0.39 is 0 Å². The van der Waals surface area contributed by atoms with Gasteiger partial charge in [-0.15, -0.1) is 0 Å². The summed E-state index contributed by atoms with van der Waals surface area (Å²) >= 11 is 3.61. The Balaban J connectivity index is 2.60. The average Bonchev–Trinajstić information content (AvgIpc) is 2.45. The second kappa shape index (κ2) is 10.4. The summed E-state index contributed by atoms with van der Waals surface area (Å²) in [5.74, 6) is 0. The third kappa shape index (κ3) is 6.41. The zero-order valence-electron chi connectivity index (χ0n) is 13.3. The second-order valence-corrected chi connectivity index (χ2v) is 6.63. The van der Waals surface area contributed by atoms with Crippen LogP contribution in [-0.2, 0) is 0 Å². The molecule has 0 bridgehead atoms. The molecule has 0 amide bonds. The molecule has 0 fully saturated rings. The molecule has 1 N–H and O–H groups in total. The Hall–Kier alpha value is -0.340. The molecule has 1 aromatic rings. The fraction of sp³-hybridized carbons (Fsp3) is 0.667. The van der Waals surface area contributed by atoms with E-state index in [1.54, 1.807) is 0 Å². The number of nitrogens with one attached hydrogen (secondary N) is 1. The Morgan fingerprint density at radius 1 is 1.05 bits per heavy atom. The van der Waals surface area contributed by atoms with E-state index in [9.17, 15) is 0 Å². The van der Waals surface area contributed by atoms with Crippen LogP contribution in [0.25, 0.3) is 0 Å². The fourth-order valence-electron chi connectivity index (χ4n) is 2.62. The predicted molar refractivity (Wildman–Crippen MR) is 93.3 cm³/mol. The van der Waals surface area contributed by atoms with Crippen molar-refractivity contribution in [2.45, 2.75) is 71.8 Å². The molecule has 0 saturated heterocycles. The maximum Gasteiger partial charge on any atom is 0.0323 e. The Bertz CT molecular complexity index is 376. The molecule has 1 atom stereocenters. The van der Waals surface area contributed by atoms with Gasteiger partial charge in [-0.05, 0) is 49.6 Å². The summed E-state index contributed by atoms with van der Waals surface area (Å²) in [7, 11) is 0. The third-order valence-electron chi connectivity index (χ3n) is 3.85. The van der Waals surface area contributed by atoms with Gasteiger partial charge in [0.1, 0.15) is 0 Å². The van der Waals surface area contributed by atoms with E-state index in [4.69, 9.17) is 0 Å². The molecule has 1 aromatic carbocycles. The number of unbranched alkanes of at least 4 members (excludes halogenated alkanes) is 4. The zero-order chi connectivity index (χ0) is 14.8. The Morgan fingerprint density at radius 2 is 1.80 bits per heavy atom. The number of hydrogen-bond acceptors (Lipinski definition) is 1. The van der Waals surface area contributed by atoms with E-state index in [0.717, 1.165) is 6.54 Å². The largest absolute Gasteiger partial charge is 0.310 e. The van der Waals surface area contributed by atoms with Crippen molar-refractivity contribution in [2.24, 2.45) is 0 Å². The minimum absolute atomic E-state index is 0.508. The molecule has 1 nitrogen and oxygen atoms in total. The van der Waals surface area contributed by atoms with Crippen LogP contribution in [0, 0.1) is 6.92 Å².